The van der Waals surface area contributed by atoms with E-state index in [1.165, 1.54) is 28.5 Å². The number of thioether (sulfide) groups is 1. The molecular weight excluding hydrogens is 718 g/mol. The van der Waals surface area contributed by atoms with Crippen molar-refractivity contribution >= 4 is 42.1 Å². The molecule has 2 bridgehead atoms. The van der Waals surface area contributed by atoms with Gasteiger partial charge in [0.15, 0.2) is 0 Å². The van der Waals surface area contributed by atoms with Gasteiger partial charge in [0.25, 0.3) is 5.56 Å². The number of anilines is 2. The van der Waals surface area contributed by atoms with E-state index >= 15 is 0 Å². The van der Waals surface area contributed by atoms with Crippen molar-refractivity contribution in [3.05, 3.63) is 81.5 Å². The van der Waals surface area contributed by atoms with Crippen LogP contribution in [0.5, 0.6) is 0 Å². The lowest BCUT2D eigenvalue weighted by Crippen LogP contribution is -2.65. The third-order valence-electron chi connectivity index (χ3n) is 12.3. The van der Waals surface area contributed by atoms with Crippen molar-refractivity contribution < 1.29 is 32.1 Å². The fraction of sp³-hybridized carbons (Fsp3) is 0.538. The van der Waals surface area contributed by atoms with Gasteiger partial charge >= 0.3 is 13.3 Å². The number of amides is 2. The summed E-state index contributed by atoms with van der Waals surface area (Å²) in [4.78, 5) is 47.7. The second-order valence-electron chi connectivity index (χ2n) is 16.0. The average Bonchev–Trinajstić information content (AvgIpc) is 3.66. The average molecular weight is 766 g/mol. The van der Waals surface area contributed by atoms with Crippen molar-refractivity contribution in [1.82, 2.24) is 14.9 Å². The second-order valence-corrected chi connectivity index (χ2v) is 16.9. The number of benzene rings is 2. The van der Waals surface area contributed by atoms with Gasteiger partial charge in [-0.15, -0.1) is 11.8 Å². The van der Waals surface area contributed by atoms with Crippen LogP contribution in [0.3, 0.4) is 0 Å². The van der Waals surface area contributed by atoms with E-state index < -0.39 is 47.9 Å². The molecule has 3 aromatic rings. The fourth-order valence-electron chi connectivity index (χ4n) is 9.14. The van der Waals surface area contributed by atoms with Crippen molar-refractivity contribution in [2.75, 3.05) is 16.9 Å². The zero-order valence-corrected chi connectivity index (χ0v) is 32.2. The van der Waals surface area contributed by atoms with Gasteiger partial charge in [-0.1, -0.05) is 45.9 Å². The SMILES string of the molecule is CC[C@H](NC(=O)[C@@H]1C[C@H](C)c2nc(CC(=O)Nc3cccc(SC)c3)c(NCc3cccc(C(F)(F)F)c3)c(=O)n21)B1O[C@@H]2C[C@@H]3C[C@@H](C3(C)C)[C@]2(C)O1. The number of carbonyl (C=O) groups is 2. The number of hydrogen-bond acceptors (Lipinski definition) is 8. The summed E-state index contributed by atoms with van der Waals surface area (Å²) in [6, 6.07) is 11.2. The molecule has 0 spiro atoms. The summed E-state index contributed by atoms with van der Waals surface area (Å²) in [5.74, 6) is -0.278. The Morgan fingerprint density at radius 3 is 2.57 bits per heavy atom. The van der Waals surface area contributed by atoms with Crippen molar-refractivity contribution in [2.24, 2.45) is 17.3 Å². The largest absolute Gasteiger partial charge is 0.481 e. The third-order valence-corrected chi connectivity index (χ3v) is 13.0. The van der Waals surface area contributed by atoms with E-state index in [1.807, 2.05) is 38.3 Å². The topological polar surface area (TPSA) is 124 Å². The van der Waals surface area contributed by atoms with Crippen molar-refractivity contribution in [3.8, 4) is 0 Å². The van der Waals surface area contributed by atoms with Crippen LogP contribution in [0.2, 0.25) is 0 Å². The molecule has 288 valence electrons. The summed E-state index contributed by atoms with van der Waals surface area (Å²) in [6.45, 7) is 10.4. The van der Waals surface area contributed by atoms with Crippen molar-refractivity contribution in [1.29, 1.82) is 0 Å². The van der Waals surface area contributed by atoms with Gasteiger partial charge < -0.3 is 25.3 Å². The Hall–Kier alpha value is -3.82. The minimum atomic E-state index is -4.55. The first-order valence-electron chi connectivity index (χ1n) is 18.7. The van der Waals surface area contributed by atoms with Gasteiger partial charge in [-0.2, -0.15) is 13.2 Å². The predicted molar refractivity (Wildman–Crippen MR) is 202 cm³/mol. The first-order chi connectivity index (χ1) is 25.5. The van der Waals surface area contributed by atoms with Crippen LogP contribution < -0.4 is 21.5 Å². The van der Waals surface area contributed by atoms with Gasteiger partial charge in [0, 0.05) is 23.0 Å². The normalized spacial score (nSPS) is 27.1. The summed E-state index contributed by atoms with van der Waals surface area (Å²) in [5, 5.41) is 8.98. The van der Waals surface area contributed by atoms with Crippen LogP contribution in [0.4, 0.5) is 24.5 Å². The summed E-state index contributed by atoms with van der Waals surface area (Å²) in [6.07, 6.45) is -0.117. The standard InChI is InChI=1S/C39H47BF3N5O5S/c1-7-31(40-52-30-17-24-16-29(37(24,3)4)38(30,5)53-40)47-35(50)28-14-21(2)34-46-27(19-32(49)45-25-12-9-13-26(18-25)54-6)33(36(51)48(28)34)44-20-22-10-8-11-23(15-22)39(41,42)43/h8-13,15,18,21,24,28-31,44H,7,14,16-17,19-20H2,1-6H3,(H,45,49)(H,47,50)/t21-,24-,28-,29-,30+,31-,38-/m0/s1. The second kappa shape index (κ2) is 14.4. The molecule has 10 nitrogen and oxygen atoms in total. The summed E-state index contributed by atoms with van der Waals surface area (Å²) < 4.78 is 55.0. The monoisotopic (exact) mass is 765 g/mol. The van der Waals surface area contributed by atoms with Gasteiger partial charge in [0.05, 0.1) is 35.3 Å². The van der Waals surface area contributed by atoms with Gasteiger partial charge in [0.2, 0.25) is 11.8 Å². The van der Waals surface area contributed by atoms with Crippen LogP contribution in [-0.4, -0.2) is 52.4 Å². The lowest BCUT2D eigenvalue weighted by molar-refractivity contribution is -0.199. The van der Waals surface area contributed by atoms with Gasteiger partial charge in [0.1, 0.15) is 17.6 Å². The van der Waals surface area contributed by atoms with E-state index in [4.69, 9.17) is 14.3 Å². The molecule has 8 rings (SSSR count). The van der Waals surface area contributed by atoms with Crippen LogP contribution in [0.25, 0.3) is 0 Å². The van der Waals surface area contributed by atoms with E-state index in [9.17, 15) is 27.6 Å². The Morgan fingerprint density at radius 2 is 1.87 bits per heavy atom. The van der Waals surface area contributed by atoms with E-state index in [0.717, 1.165) is 29.9 Å². The minimum Gasteiger partial charge on any atom is -0.404 e. The number of nitrogens with zero attached hydrogens (tertiary/aromatic N) is 2. The Kier molecular flexibility index (Phi) is 10.2. The highest BCUT2D eigenvalue weighted by molar-refractivity contribution is 7.98. The number of fused-ring (bicyclic) bond motifs is 1. The maximum Gasteiger partial charge on any atom is 0.481 e. The molecule has 1 aromatic heterocycles. The number of hydrogen-bond donors (Lipinski definition) is 3. The maximum atomic E-state index is 14.5. The van der Waals surface area contributed by atoms with Crippen LogP contribution in [0, 0.1) is 17.3 Å². The number of carbonyl (C=O) groups excluding carboxylic acids is 2. The first-order valence-corrected chi connectivity index (χ1v) is 19.9. The summed E-state index contributed by atoms with van der Waals surface area (Å²) in [7, 11) is -0.639. The number of halogens is 3. The molecule has 4 fully saturated rings. The Labute approximate surface area is 317 Å². The number of rotatable bonds is 11. The molecule has 54 heavy (non-hydrogen) atoms. The zero-order valence-electron chi connectivity index (χ0n) is 31.4. The summed E-state index contributed by atoms with van der Waals surface area (Å²) in [5.41, 5.74) is -0.745. The molecule has 2 aliphatic heterocycles. The van der Waals surface area contributed by atoms with Crippen LogP contribution in [0.15, 0.2) is 58.2 Å². The van der Waals surface area contributed by atoms with Crippen LogP contribution in [-0.2, 0) is 38.0 Å². The van der Waals surface area contributed by atoms with Gasteiger partial charge in [-0.05, 0) is 92.0 Å². The molecule has 2 amide bonds. The fourth-order valence-corrected chi connectivity index (χ4v) is 9.60. The number of aromatic nitrogens is 2. The molecule has 3 aliphatic carbocycles. The molecule has 5 aliphatic rings. The first kappa shape index (κ1) is 38.5. The molecule has 15 heteroatoms. The molecule has 3 heterocycles. The minimum absolute atomic E-state index is 0.0517. The van der Waals surface area contributed by atoms with Crippen LogP contribution in [0.1, 0.15) is 94.9 Å². The van der Waals surface area contributed by atoms with E-state index in [-0.39, 0.29) is 53.3 Å². The molecule has 1 saturated heterocycles. The number of nitrogens with one attached hydrogen (secondary N) is 3. The number of alkyl halides is 3. The highest BCUT2D eigenvalue weighted by atomic mass is 32.2. The maximum absolute atomic E-state index is 14.5. The molecule has 2 aromatic carbocycles. The third kappa shape index (κ3) is 6.96. The van der Waals surface area contributed by atoms with Crippen LogP contribution >= 0.6 is 11.8 Å². The summed E-state index contributed by atoms with van der Waals surface area (Å²) >= 11 is 1.52. The predicted octanol–water partition coefficient (Wildman–Crippen LogP) is 6.99. The lowest BCUT2D eigenvalue weighted by Gasteiger charge is -2.64. The van der Waals surface area contributed by atoms with Gasteiger partial charge in [-0.25, -0.2) is 4.98 Å². The molecule has 7 atom stereocenters. The lowest BCUT2D eigenvalue weighted by atomic mass is 9.43. The quantitative estimate of drug-likeness (QED) is 0.141. The molecule has 3 N–H and O–H groups in total. The van der Waals surface area contributed by atoms with E-state index in [1.54, 1.807) is 6.07 Å². The molecule has 0 radical (unpaired) electrons. The van der Waals surface area contributed by atoms with Crippen molar-refractivity contribution in [2.45, 2.75) is 114 Å². The molecule has 3 saturated carbocycles. The Morgan fingerprint density at radius 1 is 1.11 bits per heavy atom. The Bertz CT molecular complexity index is 2010. The van der Waals surface area contributed by atoms with Gasteiger partial charge in [-0.3, -0.25) is 19.0 Å². The highest BCUT2D eigenvalue weighted by Gasteiger charge is 2.68. The highest BCUT2D eigenvalue weighted by Crippen LogP contribution is 2.65. The van der Waals surface area contributed by atoms with Crippen molar-refractivity contribution in [3.63, 3.8) is 0 Å². The van der Waals surface area contributed by atoms with E-state index in [0.29, 0.717) is 36.2 Å². The Balaban J connectivity index is 1.15. The zero-order chi connectivity index (χ0) is 38.7. The smallest absolute Gasteiger partial charge is 0.404 e. The molecule has 0 unspecified atom stereocenters. The van der Waals surface area contributed by atoms with E-state index in [2.05, 4.69) is 36.7 Å². The molecular formula is C39H47BF3N5O5S.